The van der Waals surface area contributed by atoms with Gasteiger partial charge in [-0.1, -0.05) is 6.92 Å². The number of nitrogens with one attached hydrogen (secondary N) is 2. The molecule has 0 radical (unpaired) electrons. The number of hydrogen-bond acceptors (Lipinski definition) is 3. The lowest BCUT2D eigenvalue weighted by molar-refractivity contribution is -0.139. The van der Waals surface area contributed by atoms with Crippen molar-refractivity contribution in [1.29, 1.82) is 0 Å². The summed E-state index contributed by atoms with van der Waals surface area (Å²) in [7, 11) is 0. The Labute approximate surface area is 112 Å². The summed E-state index contributed by atoms with van der Waals surface area (Å²) in [5.41, 5.74) is 0. The van der Waals surface area contributed by atoms with E-state index < -0.39 is 12.0 Å². The number of carbonyl (C=O) groups excluding carboxylic acids is 2. The van der Waals surface area contributed by atoms with E-state index in [0.29, 0.717) is 32.4 Å². The second kappa shape index (κ2) is 6.96. The Morgan fingerprint density at radius 2 is 1.89 bits per heavy atom. The van der Waals surface area contributed by atoms with Crippen molar-refractivity contribution in [3.05, 3.63) is 0 Å². The number of amides is 3. The number of nitrogens with zero attached hydrogens (tertiary/aromatic N) is 1. The predicted molar refractivity (Wildman–Crippen MR) is 68.7 cm³/mol. The first-order valence-electron chi connectivity index (χ1n) is 6.49. The minimum Gasteiger partial charge on any atom is -0.480 e. The van der Waals surface area contributed by atoms with E-state index in [4.69, 9.17) is 5.11 Å². The fourth-order valence-corrected chi connectivity index (χ4v) is 2.09. The number of carbonyl (C=O) groups is 3. The molecule has 7 heteroatoms. The monoisotopic (exact) mass is 271 g/mol. The van der Waals surface area contributed by atoms with Crippen LogP contribution in [-0.4, -0.2) is 53.1 Å². The SMILES string of the molecule is CC[C@@H](NC(=O)N1CCC(NC(C)=O)CC1)C(=O)O. The number of rotatable bonds is 4. The van der Waals surface area contributed by atoms with Gasteiger partial charge in [-0.3, -0.25) is 4.79 Å². The number of carboxylic acid groups (broad SMARTS) is 1. The Morgan fingerprint density at radius 1 is 1.32 bits per heavy atom. The molecule has 0 unspecified atom stereocenters. The highest BCUT2D eigenvalue weighted by Gasteiger charge is 2.26. The van der Waals surface area contributed by atoms with E-state index >= 15 is 0 Å². The molecular formula is C12H21N3O4. The zero-order chi connectivity index (χ0) is 14.4. The molecule has 0 bridgehead atoms. The molecule has 7 nitrogen and oxygen atoms in total. The van der Waals surface area contributed by atoms with Crippen LogP contribution in [0.3, 0.4) is 0 Å². The minimum absolute atomic E-state index is 0.0696. The third-order valence-corrected chi connectivity index (χ3v) is 3.19. The summed E-state index contributed by atoms with van der Waals surface area (Å²) < 4.78 is 0. The maximum atomic E-state index is 11.9. The standard InChI is InChI=1S/C12H21N3O4/c1-3-10(11(17)18)14-12(19)15-6-4-9(5-7-15)13-8(2)16/h9-10H,3-7H2,1-2H3,(H,13,16)(H,14,19)(H,17,18)/t10-/m1/s1. The highest BCUT2D eigenvalue weighted by atomic mass is 16.4. The van der Waals surface area contributed by atoms with Crippen molar-refractivity contribution in [2.75, 3.05) is 13.1 Å². The summed E-state index contributed by atoms with van der Waals surface area (Å²) in [6.07, 6.45) is 1.73. The van der Waals surface area contributed by atoms with Gasteiger partial charge in [-0.15, -0.1) is 0 Å². The quantitative estimate of drug-likeness (QED) is 0.678. The van der Waals surface area contributed by atoms with Crippen molar-refractivity contribution < 1.29 is 19.5 Å². The third-order valence-electron chi connectivity index (χ3n) is 3.19. The van der Waals surface area contributed by atoms with Crippen LogP contribution in [0, 0.1) is 0 Å². The molecule has 1 atom stereocenters. The van der Waals surface area contributed by atoms with Crippen LogP contribution in [0.15, 0.2) is 0 Å². The number of aliphatic carboxylic acids is 1. The number of likely N-dealkylation sites (tertiary alicyclic amines) is 1. The van der Waals surface area contributed by atoms with E-state index in [-0.39, 0.29) is 18.0 Å². The van der Waals surface area contributed by atoms with Gasteiger partial charge >= 0.3 is 12.0 Å². The van der Waals surface area contributed by atoms with Crippen LogP contribution in [0.4, 0.5) is 4.79 Å². The number of carboxylic acids is 1. The molecule has 0 aromatic heterocycles. The highest BCUT2D eigenvalue weighted by molar-refractivity contribution is 5.82. The Hall–Kier alpha value is -1.79. The Kier molecular flexibility index (Phi) is 5.59. The van der Waals surface area contributed by atoms with Gasteiger partial charge in [0.25, 0.3) is 0 Å². The first kappa shape index (κ1) is 15.3. The van der Waals surface area contributed by atoms with Crippen LogP contribution in [0.5, 0.6) is 0 Å². The Bertz CT molecular complexity index is 351. The first-order chi connectivity index (χ1) is 8.93. The van der Waals surface area contributed by atoms with Crippen molar-refractivity contribution in [2.24, 2.45) is 0 Å². The zero-order valence-corrected chi connectivity index (χ0v) is 11.3. The average molecular weight is 271 g/mol. The molecule has 0 saturated carbocycles. The van der Waals surface area contributed by atoms with Crippen molar-refractivity contribution in [2.45, 2.75) is 45.2 Å². The first-order valence-corrected chi connectivity index (χ1v) is 6.49. The van der Waals surface area contributed by atoms with Crippen molar-refractivity contribution >= 4 is 17.9 Å². The van der Waals surface area contributed by atoms with Gasteiger partial charge in [0.05, 0.1) is 0 Å². The van der Waals surface area contributed by atoms with Gasteiger partial charge in [0.15, 0.2) is 0 Å². The molecule has 19 heavy (non-hydrogen) atoms. The highest BCUT2D eigenvalue weighted by Crippen LogP contribution is 2.10. The number of hydrogen-bond donors (Lipinski definition) is 3. The van der Waals surface area contributed by atoms with E-state index in [2.05, 4.69) is 10.6 Å². The smallest absolute Gasteiger partial charge is 0.326 e. The molecule has 1 fully saturated rings. The van der Waals surface area contributed by atoms with Crippen molar-refractivity contribution in [3.63, 3.8) is 0 Å². The summed E-state index contributed by atoms with van der Waals surface area (Å²) >= 11 is 0. The largest absolute Gasteiger partial charge is 0.480 e. The second-order valence-corrected chi connectivity index (χ2v) is 4.71. The fraction of sp³-hybridized carbons (Fsp3) is 0.750. The molecule has 1 aliphatic rings. The van der Waals surface area contributed by atoms with Crippen LogP contribution < -0.4 is 10.6 Å². The van der Waals surface area contributed by atoms with Crippen LogP contribution in [0.25, 0.3) is 0 Å². The fourth-order valence-electron chi connectivity index (χ4n) is 2.09. The van der Waals surface area contributed by atoms with E-state index in [1.807, 2.05) is 0 Å². The van der Waals surface area contributed by atoms with Crippen LogP contribution in [0.1, 0.15) is 33.1 Å². The topological polar surface area (TPSA) is 98.7 Å². The van der Waals surface area contributed by atoms with Crippen molar-refractivity contribution in [3.8, 4) is 0 Å². The summed E-state index contributed by atoms with van der Waals surface area (Å²) in [6, 6.07) is -1.10. The van der Waals surface area contributed by atoms with E-state index in [1.165, 1.54) is 6.92 Å². The maximum Gasteiger partial charge on any atom is 0.326 e. The van der Waals surface area contributed by atoms with Gasteiger partial charge in [-0.2, -0.15) is 0 Å². The Balaban J connectivity index is 2.40. The number of urea groups is 1. The zero-order valence-electron chi connectivity index (χ0n) is 11.3. The summed E-state index contributed by atoms with van der Waals surface area (Å²) in [4.78, 5) is 35.2. The molecule has 1 rings (SSSR count). The minimum atomic E-state index is -1.02. The van der Waals surface area contributed by atoms with Gasteiger partial charge in [-0.05, 0) is 19.3 Å². The lowest BCUT2D eigenvalue weighted by Gasteiger charge is -2.32. The van der Waals surface area contributed by atoms with Gasteiger partial charge in [0, 0.05) is 26.1 Å². The maximum absolute atomic E-state index is 11.9. The van der Waals surface area contributed by atoms with Gasteiger partial charge in [0.1, 0.15) is 6.04 Å². The predicted octanol–water partition coefficient (Wildman–Crippen LogP) is 0.160. The molecule has 3 amide bonds. The van der Waals surface area contributed by atoms with E-state index in [0.717, 1.165) is 0 Å². The lowest BCUT2D eigenvalue weighted by atomic mass is 10.1. The van der Waals surface area contributed by atoms with Gasteiger partial charge in [0.2, 0.25) is 5.91 Å². The molecule has 1 heterocycles. The van der Waals surface area contributed by atoms with Crippen LogP contribution in [-0.2, 0) is 9.59 Å². The molecule has 3 N–H and O–H groups in total. The lowest BCUT2D eigenvalue weighted by Crippen LogP contribution is -2.52. The second-order valence-electron chi connectivity index (χ2n) is 4.71. The molecule has 0 aromatic rings. The molecule has 1 saturated heterocycles. The normalized spacial score (nSPS) is 17.7. The van der Waals surface area contributed by atoms with E-state index in [9.17, 15) is 14.4 Å². The van der Waals surface area contributed by atoms with E-state index in [1.54, 1.807) is 11.8 Å². The van der Waals surface area contributed by atoms with Gasteiger partial charge in [-0.25, -0.2) is 9.59 Å². The van der Waals surface area contributed by atoms with Crippen LogP contribution >= 0.6 is 0 Å². The number of piperidine rings is 1. The van der Waals surface area contributed by atoms with Gasteiger partial charge < -0.3 is 20.6 Å². The third kappa shape index (κ3) is 4.76. The molecule has 0 aromatic carbocycles. The molecule has 0 aliphatic carbocycles. The summed E-state index contributed by atoms with van der Waals surface area (Å²) in [6.45, 7) is 4.22. The Morgan fingerprint density at radius 3 is 2.32 bits per heavy atom. The van der Waals surface area contributed by atoms with Crippen LogP contribution in [0.2, 0.25) is 0 Å². The summed E-state index contributed by atoms with van der Waals surface area (Å²) in [5, 5.41) is 14.2. The molecule has 1 aliphatic heterocycles. The molecule has 108 valence electrons. The van der Waals surface area contributed by atoms with Crippen molar-refractivity contribution in [1.82, 2.24) is 15.5 Å². The molecule has 0 spiro atoms. The summed E-state index contributed by atoms with van der Waals surface area (Å²) in [5.74, 6) is -1.09. The molecular weight excluding hydrogens is 250 g/mol. The average Bonchev–Trinajstić information content (AvgIpc) is 2.35.